The highest BCUT2D eigenvalue weighted by Gasteiger charge is 2.03. The van der Waals surface area contributed by atoms with Crippen LogP contribution in [0.2, 0.25) is 5.02 Å². The van der Waals surface area contributed by atoms with Gasteiger partial charge < -0.3 is 10.5 Å². The Morgan fingerprint density at radius 2 is 1.79 bits per heavy atom. The van der Waals surface area contributed by atoms with E-state index in [1.54, 1.807) is 18.2 Å². The number of rotatable bonds is 4. The van der Waals surface area contributed by atoms with Gasteiger partial charge in [-0.15, -0.1) is 0 Å². The molecule has 0 atom stereocenters. The molecule has 0 saturated carbocycles. The lowest BCUT2D eigenvalue weighted by Crippen LogP contribution is -1.97. The zero-order valence-electron chi connectivity index (χ0n) is 11.2. The molecule has 2 N–H and O–H groups in total. The van der Waals surface area contributed by atoms with Crippen LogP contribution >= 0.6 is 11.6 Å². The monoisotopic (exact) mass is 275 g/mol. The van der Waals surface area contributed by atoms with Crippen LogP contribution in [0.3, 0.4) is 0 Å². The van der Waals surface area contributed by atoms with E-state index in [2.05, 4.69) is 38.1 Å². The lowest BCUT2D eigenvalue weighted by Gasteiger charge is -2.10. The van der Waals surface area contributed by atoms with Gasteiger partial charge in [-0.1, -0.05) is 49.7 Å². The van der Waals surface area contributed by atoms with E-state index in [4.69, 9.17) is 22.1 Å². The van der Waals surface area contributed by atoms with E-state index in [0.29, 0.717) is 29.0 Å². The summed E-state index contributed by atoms with van der Waals surface area (Å²) in [6, 6.07) is 13.7. The number of ether oxygens (including phenoxy) is 1. The minimum absolute atomic E-state index is 0.502. The van der Waals surface area contributed by atoms with Crippen molar-refractivity contribution in [3.8, 4) is 5.75 Å². The maximum atomic E-state index is 6.06. The summed E-state index contributed by atoms with van der Waals surface area (Å²) >= 11 is 6.06. The lowest BCUT2D eigenvalue weighted by atomic mass is 10.0. The van der Waals surface area contributed by atoms with E-state index in [1.165, 1.54) is 5.56 Å². The Morgan fingerprint density at radius 1 is 1.11 bits per heavy atom. The Hall–Kier alpha value is -1.67. The molecule has 0 amide bonds. The first-order valence-corrected chi connectivity index (χ1v) is 6.70. The van der Waals surface area contributed by atoms with Crippen LogP contribution in [-0.2, 0) is 6.61 Å². The first kappa shape index (κ1) is 13.8. The Bertz CT molecular complexity index is 549. The van der Waals surface area contributed by atoms with Crippen molar-refractivity contribution in [2.75, 3.05) is 5.73 Å². The van der Waals surface area contributed by atoms with Gasteiger partial charge in [-0.2, -0.15) is 0 Å². The lowest BCUT2D eigenvalue weighted by molar-refractivity contribution is 0.306. The number of benzene rings is 2. The number of hydrogen-bond acceptors (Lipinski definition) is 2. The number of nitrogens with two attached hydrogens (primary N) is 1. The van der Waals surface area contributed by atoms with Crippen molar-refractivity contribution in [3.05, 3.63) is 58.6 Å². The number of anilines is 1. The predicted molar refractivity (Wildman–Crippen MR) is 80.7 cm³/mol. The van der Waals surface area contributed by atoms with E-state index in [1.807, 2.05) is 0 Å². The molecule has 0 aliphatic heterocycles. The maximum Gasteiger partial charge on any atom is 0.138 e. The number of hydrogen-bond donors (Lipinski definition) is 1. The molecule has 0 heterocycles. The fourth-order valence-electron chi connectivity index (χ4n) is 1.79. The molecule has 2 aromatic carbocycles. The van der Waals surface area contributed by atoms with Gasteiger partial charge in [0, 0.05) is 5.69 Å². The average Bonchev–Trinajstić information content (AvgIpc) is 2.38. The summed E-state index contributed by atoms with van der Waals surface area (Å²) in [6.07, 6.45) is 0. The van der Waals surface area contributed by atoms with Crippen LogP contribution in [0.25, 0.3) is 0 Å². The molecule has 0 aliphatic carbocycles. The zero-order valence-corrected chi connectivity index (χ0v) is 11.9. The van der Waals surface area contributed by atoms with Crippen molar-refractivity contribution in [1.82, 2.24) is 0 Å². The second-order valence-corrected chi connectivity index (χ2v) is 5.28. The highest BCUT2D eigenvalue weighted by atomic mass is 35.5. The van der Waals surface area contributed by atoms with Crippen LogP contribution in [0.4, 0.5) is 5.69 Å². The van der Waals surface area contributed by atoms with Gasteiger partial charge in [0.1, 0.15) is 12.4 Å². The van der Waals surface area contributed by atoms with Crippen LogP contribution in [0.5, 0.6) is 5.75 Å². The number of halogens is 1. The maximum absolute atomic E-state index is 6.06. The molecule has 0 spiro atoms. The molecular formula is C16H18ClNO. The van der Waals surface area contributed by atoms with Crippen molar-refractivity contribution < 1.29 is 4.74 Å². The third-order valence-electron chi connectivity index (χ3n) is 3.00. The van der Waals surface area contributed by atoms with Gasteiger partial charge in [0.2, 0.25) is 0 Å². The van der Waals surface area contributed by atoms with E-state index in [-0.39, 0.29) is 0 Å². The Labute approximate surface area is 119 Å². The molecule has 2 aromatic rings. The highest BCUT2D eigenvalue weighted by Crippen LogP contribution is 2.27. The summed E-state index contributed by atoms with van der Waals surface area (Å²) in [4.78, 5) is 0. The molecule has 0 saturated heterocycles. The van der Waals surface area contributed by atoms with Crippen molar-refractivity contribution in [3.63, 3.8) is 0 Å². The molecule has 3 heteroatoms. The van der Waals surface area contributed by atoms with Gasteiger partial charge in [0.15, 0.2) is 0 Å². The highest BCUT2D eigenvalue weighted by molar-refractivity contribution is 6.32. The largest absolute Gasteiger partial charge is 0.487 e. The van der Waals surface area contributed by atoms with Crippen LogP contribution < -0.4 is 10.5 Å². The van der Waals surface area contributed by atoms with Gasteiger partial charge in [-0.25, -0.2) is 0 Å². The quantitative estimate of drug-likeness (QED) is 0.826. The van der Waals surface area contributed by atoms with Crippen LogP contribution in [-0.4, -0.2) is 0 Å². The van der Waals surface area contributed by atoms with Crippen LogP contribution in [0, 0.1) is 0 Å². The van der Waals surface area contributed by atoms with Crippen LogP contribution in [0.1, 0.15) is 30.9 Å². The first-order valence-electron chi connectivity index (χ1n) is 6.33. The molecule has 0 unspecified atom stereocenters. The Balaban J connectivity index is 2.02. The number of nitrogen functional groups attached to an aromatic ring is 1. The molecule has 2 nitrogen and oxygen atoms in total. The Kier molecular flexibility index (Phi) is 4.33. The molecule has 19 heavy (non-hydrogen) atoms. The van der Waals surface area contributed by atoms with E-state index in [0.717, 1.165) is 5.56 Å². The minimum atomic E-state index is 0.502. The van der Waals surface area contributed by atoms with Gasteiger partial charge in [0.05, 0.1) is 5.02 Å². The minimum Gasteiger partial charge on any atom is -0.487 e. The summed E-state index contributed by atoms with van der Waals surface area (Å²) in [6.45, 7) is 4.86. The molecule has 0 aromatic heterocycles. The molecule has 0 aliphatic rings. The van der Waals surface area contributed by atoms with Crippen molar-refractivity contribution >= 4 is 17.3 Å². The second-order valence-electron chi connectivity index (χ2n) is 4.87. The molecule has 100 valence electrons. The predicted octanol–water partition coefficient (Wildman–Crippen LogP) is 4.62. The van der Waals surface area contributed by atoms with E-state index >= 15 is 0 Å². The van der Waals surface area contributed by atoms with Crippen molar-refractivity contribution in [2.24, 2.45) is 0 Å². The third kappa shape index (κ3) is 3.65. The molecule has 2 rings (SSSR count). The fourth-order valence-corrected chi connectivity index (χ4v) is 2.04. The van der Waals surface area contributed by atoms with Gasteiger partial charge in [0.25, 0.3) is 0 Å². The second kappa shape index (κ2) is 5.98. The summed E-state index contributed by atoms with van der Waals surface area (Å²) in [7, 11) is 0. The van der Waals surface area contributed by atoms with E-state index in [9.17, 15) is 0 Å². The summed E-state index contributed by atoms with van der Waals surface area (Å²) < 4.78 is 5.69. The Morgan fingerprint density at radius 3 is 2.37 bits per heavy atom. The average molecular weight is 276 g/mol. The summed E-state index contributed by atoms with van der Waals surface area (Å²) in [5.74, 6) is 1.20. The van der Waals surface area contributed by atoms with Crippen molar-refractivity contribution in [1.29, 1.82) is 0 Å². The zero-order chi connectivity index (χ0) is 13.8. The molecular weight excluding hydrogens is 258 g/mol. The SMILES string of the molecule is CC(C)c1ccc(COc2ccc(N)cc2Cl)cc1. The molecule has 0 fully saturated rings. The molecule has 0 bridgehead atoms. The van der Waals surface area contributed by atoms with Gasteiger partial charge >= 0.3 is 0 Å². The normalized spacial score (nSPS) is 10.7. The summed E-state index contributed by atoms with van der Waals surface area (Å²) in [5.41, 5.74) is 8.73. The van der Waals surface area contributed by atoms with Crippen LogP contribution in [0.15, 0.2) is 42.5 Å². The summed E-state index contributed by atoms with van der Waals surface area (Å²) in [5, 5.41) is 0.541. The van der Waals surface area contributed by atoms with Gasteiger partial charge in [-0.05, 0) is 35.2 Å². The van der Waals surface area contributed by atoms with Crippen molar-refractivity contribution in [2.45, 2.75) is 26.4 Å². The van der Waals surface area contributed by atoms with Gasteiger partial charge in [-0.3, -0.25) is 0 Å². The third-order valence-corrected chi connectivity index (χ3v) is 3.29. The topological polar surface area (TPSA) is 35.2 Å². The fraction of sp³-hybridized carbons (Fsp3) is 0.250. The smallest absolute Gasteiger partial charge is 0.138 e. The standard InChI is InChI=1S/C16H18ClNO/c1-11(2)13-5-3-12(4-6-13)10-19-16-8-7-14(18)9-15(16)17/h3-9,11H,10,18H2,1-2H3. The van der Waals surface area contributed by atoms with E-state index < -0.39 is 0 Å². The molecule has 0 radical (unpaired) electrons. The first-order chi connectivity index (χ1) is 9.06.